The van der Waals surface area contributed by atoms with Gasteiger partial charge in [-0.05, 0) is 55.0 Å². The van der Waals surface area contributed by atoms with Crippen LogP contribution in [0.15, 0.2) is 42.5 Å². The number of hydrogen-bond donors (Lipinski definition) is 1. The molecule has 0 aliphatic carbocycles. The van der Waals surface area contributed by atoms with E-state index < -0.39 is 11.7 Å². The van der Waals surface area contributed by atoms with Gasteiger partial charge in [-0.3, -0.25) is 4.79 Å². The van der Waals surface area contributed by atoms with E-state index in [0.717, 1.165) is 11.6 Å². The molecule has 33 heavy (non-hydrogen) atoms. The van der Waals surface area contributed by atoms with Gasteiger partial charge in [-0.1, -0.05) is 18.2 Å². The molecular formula is C25H26F3N3O2. The molecule has 5 nitrogen and oxygen atoms in total. The second-order valence-corrected chi connectivity index (χ2v) is 9.07. The Kier molecular flexibility index (Phi) is 6.10. The van der Waals surface area contributed by atoms with E-state index in [2.05, 4.69) is 0 Å². The number of anilines is 1. The lowest BCUT2D eigenvalue weighted by Gasteiger charge is -2.43. The van der Waals surface area contributed by atoms with E-state index >= 15 is 0 Å². The standard InChI is InChI=1S/C25H26F3N3O2/c1-17-4-2-3-5-21(17)23(33)31-14-19(15-32)24(16-31)8-10-30(11-9-24)20-7-6-18(13-29)22(12-20)25(26,27)28/h2-7,12,19,32H,8-11,14-16H2,1H3. The van der Waals surface area contributed by atoms with Crippen LogP contribution in [0.5, 0.6) is 0 Å². The minimum absolute atomic E-state index is 0.0351. The Hall–Kier alpha value is -3.05. The quantitative estimate of drug-likeness (QED) is 0.749. The first-order valence-electron chi connectivity index (χ1n) is 11.0. The molecule has 8 heteroatoms. The van der Waals surface area contributed by atoms with Crippen LogP contribution in [-0.4, -0.2) is 48.7 Å². The van der Waals surface area contributed by atoms with Gasteiger partial charge in [0, 0.05) is 50.0 Å². The summed E-state index contributed by atoms with van der Waals surface area (Å²) in [6.07, 6.45) is -3.27. The maximum absolute atomic E-state index is 13.4. The number of carbonyl (C=O) groups is 1. The van der Waals surface area contributed by atoms with E-state index in [1.165, 1.54) is 6.07 Å². The fourth-order valence-electron chi connectivity index (χ4n) is 5.26. The van der Waals surface area contributed by atoms with E-state index in [9.17, 15) is 23.1 Å². The van der Waals surface area contributed by atoms with Gasteiger partial charge in [0.2, 0.25) is 0 Å². The van der Waals surface area contributed by atoms with Crippen LogP contribution in [0, 0.1) is 29.6 Å². The normalized spacial score (nSPS) is 20.2. The Bertz CT molecular complexity index is 1090. The van der Waals surface area contributed by atoms with Crippen molar-refractivity contribution in [3.63, 3.8) is 0 Å². The molecule has 2 heterocycles. The fourth-order valence-corrected chi connectivity index (χ4v) is 5.26. The highest BCUT2D eigenvalue weighted by Crippen LogP contribution is 2.46. The van der Waals surface area contributed by atoms with Crippen molar-refractivity contribution in [3.8, 4) is 6.07 Å². The summed E-state index contributed by atoms with van der Waals surface area (Å²) in [6.45, 7) is 3.90. The zero-order valence-electron chi connectivity index (χ0n) is 18.4. The Morgan fingerprint density at radius 1 is 1.21 bits per heavy atom. The number of benzene rings is 2. The van der Waals surface area contributed by atoms with E-state index in [1.54, 1.807) is 12.1 Å². The van der Waals surface area contributed by atoms with Crippen LogP contribution in [-0.2, 0) is 6.18 Å². The Morgan fingerprint density at radius 3 is 2.52 bits per heavy atom. The third-order valence-electron chi connectivity index (χ3n) is 7.25. The third kappa shape index (κ3) is 4.30. The highest BCUT2D eigenvalue weighted by Gasteiger charge is 2.49. The molecule has 0 aromatic heterocycles. The molecule has 2 aliphatic rings. The lowest BCUT2D eigenvalue weighted by Crippen LogP contribution is -2.45. The van der Waals surface area contributed by atoms with Gasteiger partial charge in [-0.15, -0.1) is 0 Å². The molecule has 1 N–H and O–H groups in total. The number of alkyl halides is 3. The molecule has 4 rings (SSSR count). The first-order chi connectivity index (χ1) is 15.7. The number of amides is 1. The van der Waals surface area contributed by atoms with Crippen LogP contribution in [0.25, 0.3) is 0 Å². The van der Waals surface area contributed by atoms with Crippen molar-refractivity contribution in [2.45, 2.75) is 25.9 Å². The van der Waals surface area contributed by atoms with Gasteiger partial charge in [0.05, 0.1) is 17.2 Å². The number of likely N-dealkylation sites (tertiary alicyclic amines) is 1. The molecular weight excluding hydrogens is 431 g/mol. The Morgan fingerprint density at radius 2 is 1.91 bits per heavy atom. The Balaban J connectivity index is 1.51. The highest BCUT2D eigenvalue weighted by atomic mass is 19.4. The summed E-state index contributed by atoms with van der Waals surface area (Å²) >= 11 is 0. The molecule has 1 spiro atoms. The summed E-state index contributed by atoms with van der Waals surface area (Å²) in [6, 6.07) is 12.9. The fraction of sp³-hybridized carbons (Fsp3) is 0.440. The minimum atomic E-state index is -4.60. The van der Waals surface area contributed by atoms with Crippen LogP contribution in [0.4, 0.5) is 18.9 Å². The number of rotatable bonds is 3. The van der Waals surface area contributed by atoms with Crippen LogP contribution >= 0.6 is 0 Å². The van der Waals surface area contributed by atoms with E-state index in [4.69, 9.17) is 5.26 Å². The molecule has 1 amide bonds. The molecule has 0 bridgehead atoms. The highest BCUT2D eigenvalue weighted by molar-refractivity contribution is 5.95. The lowest BCUT2D eigenvalue weighted by atomic mass is 9.71. The molecule has 174 valence electrons. The number of aryl methyl sites for hydroxylation is 1. The number of aliphatic hydroxyl groups excluding tert-OH is 1. The van der Waals surface area contributed by atoms with Gasteiger partial charge < -0.3 is 14.9 Å². The second-order valence-electron chi connectivity index (χ2n) is 9.07. The third-order valence-corrected chi connectivity index (χ3v) is 7.25. The predicted octanol–water partition coefficient (Wildman–Crippen LogP) is 4.24. The van der Waals surface area contributed by atoms with Gasteiger partial charge in [0.15, 0.2) is 0 Å². The molecule has 2 fully saturated rings. The van der Waals surface area contributed by atoms with Crippen LogP contribution in [0.3, 0.4) is 0 Å². The number of halogens is 3. The number of carbonyl (C=O) groups excluding carboxylic acids is 1. The molecule has 2 aromatic rings. The molecule has 0 saturated carbocycles. The smallest absolute Gasteiger partial charge is 0.396 e. The maximum Gasteiger partial charge on any atom is 0.417 e. The van der Waals surface area contributed by atoms with Gasteiger partial charge in [0.25, 0.3) is 5.91 Å². The number of hydrogen-bond acceptors (Lipinski definition) is 4. The largest absolute Gasteiger partial charge is 0.417 e. The van der Waals surface area contributed by atoms with Crippen molar-refractivity contribution < 1.29 is 23.1 Å². The van der Waals surface area contributed by atoms with Gasteiger partial charge in [-0.2, -0.15) is 18.4 Å². The molecule has 1 atom stereocenters. The van der Waals surface area contributed by atoms with Gasteiger partial charge in [-0.25, -0.2) is 0 Å². The van der Waals surface area contributed by atoms with Crippen molar-refractivity contribution >= 4 is 11.6 Å². The van der Waals surface area contributed by atoms with Crippen LogP contribution in [0.1, 0.15) is 39.9 Å². The number of aliphatic hydroxyl groups is 1. The lowest BCUT2D eigenvalue weighted by molar-refractivity contribution is -0.137. The van der Waals surface area contributed by atoms with Crippen molar-refractivity contribution in [2.24, 2.45) is 11.3 Å². The molecule has 2 aromatic carbocycles. The first-order valence-corrected chi connectivity index (χ1v) is 11.0. The summed E-state index contributed by atoms with van der Waals surface area (Å²) in [5.74, 6) is -0.118. The SMILES string of the molecule is Cc1ccccc1C(=O)N1CC(CO)C2(CCN(c3ccc(C#N)c(C(F)(F)F)c3)CC2)C1. The monoisotopic (exact) mass is 457 g/mol. The van der Waals surface area contributed by atoms with E-state index in [1.807, 2.05) is 41.0 Å². The zero-order chi connectivity index (χ0) is 23.8. The van der Waals surface area contributed by atoms with Crippen LogP contribution in [0.2, 0.25) is 0 Å². The van der Waals surface area contributed by atoms with Gasteiger partial charge >= 0.3 is 6.18 Å². The topological polar surface area (TPSA) is 67.6 Å². The maximum atomic E-state index is 13.4. The molecule has 2 saturated heterocycles. The van der Waals surface area contributed by atoms with Crippen molar-refractivity contribution in [3.05, 3.63) is 64.7 Å². The number of nitriles is 1. The molecule has 0 radical (unpaired) electrons. The summed E-state index contributed by atoms with van der Waals surface area (Å²) in [4.78, 5) is 16.8. The predicted molar refractivity (Wildman–Crippen MR) is 118 cm³/mol. The second kappa shape index (κ2) is 8.71. The van der Waals surface area contributed by atoms with Crippen LogP contribution < -0.4 is 4.90 Å². The number of nitrogens with zero attached hydrogens (tertiary/aromatic N) is 3. The van der Waals surface area contributed by atoms with Crippen molar-refractivity contribution in [1.82, 2.24) is 4.90 Å². The summed E-state index contributed by atoms with van der Waals surface area (Å²) in [7, 11) is 0. The summed E-state index contributed by atoms with van der Waals surface area (Å²) in [5, 5.41) is 19.1. The minimum Gasteiger partial charge on any atom is -0.396 e. The average molecular weight is 457 g/mol. The van der Waals surface area contributed by atoms with E-state index in [-0.39, 0.29) is 29.4 Å². The number of piperidine rings is 1. The first kappa shape index (κ1) is 23.1. The molecule has 2 aliphatic heterocycles. The summed E-state index contributed by atoms with van der Waals surface area (Å²) in [5.41, 5.74) is 0.417. The van der Waals surface area contributed by atoms with Crippen molar-refractivity contribution in [1.29, 1.82) is 5.26 Å². The summed E-state index contributed by atoms with van der Waals surface area (Å²) < 4.78 is 40.1. The molecule has 1 unspecified atom stereocenters. The average Bonchev–Trinajstić information content (AvgIpc) is 3.16. The van der Waals surface area contributed by atoms with Gasteiger partial charge in [0.1, 0.15) is 0 Å². The van der Waals surface area contributed by atoms with Crippen molar-refractivity contribution in [2.75, 3.05) is 37.7 Å². The zero-order valence-corrected chi connectivity index (χ0v) is 18.4. The van der Waals surface area contributed by atoms with E-state index in [0.29, 0.717) is 50.3 Å². The Labute approximate surface area is 191 Å².